The molecule has 0 saturated carbocycles. The largest absolute Gasteiger partial charge is 0.490 e. The smallest absolute Gasteiger partial charge is 0.125 e. The fraction of sp³-hybridized carbons (Fsp3) is 0.600. The summed E-state index contributed by atoms with van der Waals surface area (Å²) in [5, 5.41) is 9.67. The van der Waals surface area contributed by atoms with Gasteiger partial charge in [-0.25, -0.2) is 0 Å². The second kappa shape index (κ2) is 5.29. The van der Waals surface area contributed by atoms with E-state index in [1.165, 1.54) is 0 Å². The molecule has 0 aromatic heterocycles. The minimum absolute atomic E-state index is 0.0299. The molecule has 0 bridgehead atoms. The Kier molecular flexibility index (Phi) is 3.93. The Morgan fingerprint density at radius 2 is 2.17 bits per heavy atom. The number of para-hydroxylation sites is 1. The lowest BCUT2D eigenvalue weighted by Crippen LogP contribution is -2.24. The lowest BCUT2D eigenvalue weighted by atomic mass is 10.1. The van der Waals surface area contributed by atoms with Crippen LogP contribution >= 0.6 is 0 Å². The quantitative estimate of drug-likeness (QED) is 0.892. The van der Waals surface area contributed by atoms with Crippen molar-refractivity contribution in [1.82, 2.24) is 0 Å². The molecule has 1 unspecified atom stereocenters. The van der Waals surface area contributed by atoms with Crippen LogP contribution in [0.1, 0.15) is 45.3 Å². The molecule has 3 nitrogen and oxygen atoms in total. The molecule has 1 aliphatic rings. The monoisotopic (exact) mass is 250 g/mol. The zero-order valence-electron chi connectivity index (χ0n) is 11.3. The molecule has 18 heavy (non-hydrogen) atoms. The summed E-state index contributed by atoms with van der Waals surface area (Å²) in [4.78, 5) is 0. The van der Waals surface area contributed by atoms with Crippen LogP contribution in [0.5, 0.6) is 5.75 Å². The molecular weight excluding hydrogens is 228 g/mol. The molecule has 1 aromatic rings. The molecule has 0 spiro atoms. The van der Waals surface area contributed by atoms with Gasteiger partial charge in [-0.3, -0.25) is 0 Å². The van der Waals surface area contributed by atoms with Gasteiger partial charge < -0.3 is 14.6 Å². The molecule has 100 valence electrons. The summed E-state index contributed by atoms with van der Waals surface area (Å²) in [6.07, 6.45) is 1.74. The number of benzene rings is 1. The molecule has 1 fully saturated rings. The van der Waals surface area contributed by atoms with Gasteiger partial charge in [-0.05, 0) is 39.7 Å². The summed E-state index contributed by atoms with van der Waals surface area (Å²) in [5.41, 5.74) is 0.799. The van der Waals surface area contributed by atoms with Crippen molar-refractivity contribution in [2.24, 2.45) is 0 Å². The van der Waals surface area contributed by atoms with Crippen LogP contribution < -0.4 is 4.74 Å². The fourth-order valence-corrected chi connectivity index (χ4v) is 2.33. The number of ether oxygens (including phenoxy) is 2. The third-order valence-corrected chi connectivity index (χ3v) is 3.35. The predicted octanol–water partition coefficient (Wildman–Crippen LogP) is 3.08. The van der Waals surface area contributed by atoms with Crippen LogP contribution in [0.25, 0.3) is 0 Å². The first-order chi connectivity index (χ1) is 8.48. The first-order valence-electron chi connectivity index (χ1n) is 6.55. The van der Waals surface area contributed by atoms with Gasteiger partial charge in [-0.2, -0.15) is 0 Å². The molecule has 1 aliphatic heterocycles. The van der Waals surface area contributed by atoms with Crippen molar-refractivity contribution in [3.8, 4) is 5.75 Å². The average Bonchev–Trinajstić information content (AvgIpc) is 2.66. The number of aliphatic hydroxyl groups excluding tert-OH is 1. The van der Waals surface area contributed by atoms with Gasteiger partial charge in [0.05, 0.1) is 17.8 Å². The van der Waals surface area contributed by atoms with Gasteiger partial charge in [0, 0.05) is 5.56 Å². The van der Waals surface area contributed by atoms with Crippen LogP contribution in [0.15, 0.2) is 24.3 Å². The van der Waals surface area contributed by atoms with Crippen molar-refractivity contribution in [2.75, 3.05) is 6.61 Å². The summed E-state index contributed by atoms with van der Waals surface area (Å²) < 4.78 is 11.7. The van der Waals surface area contributed by atoms with Crippen LogP contribution in [-0.2, 0) is 4.74 Å². The second-order valence-electron chi connectivity index (χ2n) is 5.56. The minimum Gasteiger partial charge on any atom is -0.490 e. The Morgan fingerprint density at radius 1 is 1.44 bits per heavy atom. The molecular formula is C15H22O3. The molecule has 0 amide bonds. The van der Waals surface area contributed by atoms with Crippen molar-refractivity contribution < 1.29 is 14.6 Å². The molecule has 0 aliphatic carbocycles. The molecule has 1 aromatic carbocycles. The van der Waals surface area contributed by atoms with Crippen LogP contribution in [0.4, 0.5) is 0 Å². The highest BCUT2D eigenvalue weighted by molar-refractivity contribution is 5.34. The molecule has 2 rings (SSSR count). The first kappa shape index (κ1) is 13.4. The van der Waals surface area contributed by atoms with E-state index in [9.17, 15) is 5.11 Å². The Labute approximate surface area is 109 Å². The molecule has 1 saturated heterocycles. The van der Waals surface area contributed by atoms with Crippen molar-refractivity contribution >= 4 is 0 Å². The van der Waals surface area contributed by atoms with Crippen LogP contribution in [0, 0.1) is 0 Å². The van der Waals surface area contributed by atoms with Crippen molar-refractivity contribution in [2.45, 2.75) is 51.4 Å². The van der Waals surface area contributed by atoms with E-state index >= 15 is 0 Å². The number of hydrogen-bond acceptors (Lipinski definition) is 3. The first-order valence-corrected chi connectivity index (χ1v) is 6.55. The van der Waals surface area contributed by atoms with Crippen LogP contribution in [0.2, 0.25) is 0 Å². The summed E-state index contributed by atoms with van der Waals surface area (Å²) in [6.45, 7) is 6.51. The highest BCUT2D eigenvalue weighted by Gasteiger charge is 2.32. The Bertz CT molecular complexity index is 398. The third kappa shape index (κ3) is 3.24. The van der Waals surface area contributed by atoms with Gasteiger partial charge >= 0.3 is 0 Å². The van der Waals surface area contributed by atoms with Gasteiger partial charge in [0.15, 0.2) is 0 Å². The minimum atomic E-state index is -0.512. The van der Waals surface area contributed by atoms with Crippen LogP contribution in [-0.4, -0.2) is 23.4 Å². The standard InChI is InChI=1S/C15H22O3/c1-11(16)13-6-4-5-7-14(13)17-10-12-8-9-15(2,3)18-12/h4-7,11-12,16H,8-10H2,1-3H3/t11-,12?/m1/s1. The summed E-state index contributed by atoms with van der Waals surface area (Å²) in [6, 6.07) is 7.60. The summed E-state index contributed by atoms with van der Waals surface area (Å²) in [5.74, 6) is 0.751. The SMILES string of the molecule is C[C@@H](O)c1ccccc1OCC1CCC(C)(C)O1. The highest BCUT2D eigenvalue weighted by Crippen LogP contribution is 2.30. The van der Waals surface area contributed by atoms with Gasteiger partial charge in [0.1, 0.15) is 12.4 Å². The fourth-order valence-electron chi connectivity index (χ4n) is 2.33. The Hall–Kier alpha value is -1.06. The van der Waals surface area contributed by atoms with E-state index in [-0.39, 0.29) is 11.7 Å². The summed E-state index contributed by atoms with van der Waals surface area (Å²) in [7, 11) is 0. The van der Waals surface area contributed by atoms with Crippen molar-refractivity contribution in [1.29, 1.82) is 0 Å². The topological polar surface area (TPSA) is 38.7 Å². The predicted molar refractivity (Wildman–Crippen MR) is 70.8 cm³/mol. The van der Waals surface area contributed by atoms with Gasteiger partial charge in [0.2, 0.25) is 0 Å². The van der Waals surface area contributed by atoms with Gasteiger partial charge in [0.25, 0.3) is 0 Å². The highest BCUT2D eigenvalue weighted by atomic mass is 16.6. The number of hydrogen-bond donors (Lipinski definition) is 1. The molecule has 0 radical (unpaired) electrons. The zero-order valence-corrected chi connectivity index (χ0v) is 11.3. The van der Waals surface area contributed by atoms with Gasteiger partial charge in [-0.1, -0.05) is 18.2 Å². The lowest BCUT2D eigenvalue weighted by Gasteiger charge is -2.20. The number of rotatable bonds is 4. The van der Waals surface area contributed by atoms with Crippen molar-refractivity contribution in [3.05, 3.63) is 29.8 Å². The van der Waals surface area contributed by atoms with E-state index in [0.717, 1.165) is 24.2 Å². The van der Waals surface area contributed by atoms with Crippen LogP contribution in [0.3, 0.4) is 0 Å². The maximum absolute atomic E-state index is 9.67. The molecule has 1 N–H and O–H groups in total. The lowest BCUT2D eigenvalue weighted by molar-refractivity contribution is -0.0329. The van der Waals surface area contributed by atoms with E-state index in [2.05, 4.69) is 13.8 Å². The third-order valence-electron chi connectivity index (χ3n) is 3.35. The van der Waals surface area contributed by atoms with Gasteiger partial charge in [-0.15, -0.1) is 0 Å². The maximum Gasteiger partial charge on any atom is 0.125 e. The summed E-state index contributed by atoms with van der Waals surface area (Å²) >= 11 is 0. The normalized spacial score (nSPS) is 23.9. The van der Waals surface area contributed by atoms with E-state index in [0.29, 0.717) is 6.61 Å². The van der Waals surface area contributed by atoms with E-state index < -0.39 is 6.10 Å². The number of aliphatic hydroxyl groups is 1. The molecule has 2 atom stereocenters. The zero-order chi connectivity index (χ0) is 13.2. The van der Waals surface area contributed by atoms with E-state index in [1.54, 1.807) is 6.92 Å². The van der Waals surface area contributed by atoms with E-state index in [1.807, 2.05) is 24.3 Å². The Morgan fingerprint density at radius 3 is 2.78 bits per heavy atom. The average molecular weight is 250 g/mol. The van der Waals surface area contributed by atoms with E-state index in [4.69, 9.17) is 9.47 Å². The Balaban J connectivity index is 1.95. The molecule has 3 heteroatoms. The maximum atomic E-state index is 9.67. The second-order valence-corrected chi connectivity index (χ2v) is 5.56. The van der Waals surface area contributed by atoms with Crippen molar-refractivity contribution in [3.63, 3.8) is 0 Å². The molecule has 1 heterocycles.